The van der Waals surface area contributed by atoms with E-state index in [-0.39, 0.29) is 0 Å². The SMILES string of the molecule is CC(C)N1CCN(c2cc(B(O)O)cnc2Cl)CC1. The summed E-state index contributed by atoms with van der Waals surface area (Å²) >= 11 is 6.10. The van der Waals surface area contributed by atoms with Gasteiger partial charge in [-0.3, -0.25) is 4.90 Å². The van der Waals surface area contributed by atoms with Crippen molar-refractivity contribution in [3.05, 3.63) is 17.4 Å². The molecule has 0 atom stereocenters. The van der Waals surface area contributed by atoms with Gasteiger partial charge < -0.3 is 14.9 Å². The zero-order valence-corrected chi connectivity index (χ0v) is 12.0. The zero-order valence-electron chi connectivity index (χ0n) is 11.3. The lowest BCUT2D eigenvalue weighted by Crippen LogP contribution is -2.49. The van der Waals surface area contributed by atoms with E-state index in [2.05, 4.69) is 28.6 Å². The number of aromatic nitrogens is 1. The first kappa shape index (κ1) is 14.6. The minimum absolute atomic E-state index is 0.366. The lowest BCUT2D eigenvalue weighted by molar-refractivity contribution is 0.209. The first-order valence-corrected chi connectivity index (χ1v) is 6.87. The second-order valence-corrected chi connectivity index (χ2v) is 5.43. The van der Waals surface area contributed by atoms with Gasteiger partial charge in [-0.05, 0) is 19.9 Å². The molecule has 104 valence electrons. The minimum atomic E-state index is -1.51. The van der Waals surface area contributed by atoms with Crippen LogP contribution in [0.5, 0.6) is 0 Å². The van der Waals surface area contributed by atoms with Crippen LogP contribution in [0.3, 0.4) is 0 Å². The lowest BCUT2D eigenvalue weighted by Gasteiger charge is -2.38. The van der Waals surface area contributed by atoms with Gasteiger partial charge >= 0.3 is 7.12 Å². The highest BCUT2D eigenvalue weighted by atomic mass is 35.5. The number of hydrogen-bond donors (Lipinski definition) is 2. The summed E-state index contributed by atoms with van der Waals surface area (Å²) in [7, 11) is -1.51. The summed E-state index contributed by atoms with van der Waals surface area (Å²) in [6.07, 6.45) is 1.39. The summed E-state index contributed by atoms with van der Waals surface area (Å²) in [6.45, 7) is 8.05. The Bertz CT molecular complexity index is 437. The maximum atomic E-state index is 9.20. The fourth-order valence-electron chi connectivity index (χ4n) is 2.29. The molecule has 1 saturated heterocycles. The van der Waals surface area contributed by atoms with Gasteiger partial charge in [0.15, 0.2) is 5.15 Å². The van der Waals surface area contributed by atoms with Crippen LogP contribution < -0.4 is 10.4 Å². The van der Waals surface area contributed by atoms with Gasteiger partial charge in [-0.25, -0.2) is 4.98 Å². The molecule has 1 aromatic heterocycles. The van der Waals surface area contributed by atoms with E-state index >= 15 is 0 Å². The van der Waals surface area contributed by atoms with Crippen molar-refractivity contribution in [1.82, 2.24) is 9.88 Å². The van der Waals surface area contributed by atoms with Crippen LogP contribution in [0.15, 0.2) is 12.3 Å². The van der Waals surface area contributed by atoms with Gasteiger partial charge in [-0.1, -0.05) is 11.6 Å². The van der Waals surface area contributed by atoms with Crippen LogP contribution in [0.2, 0.25) is 5.15 Å². The molecule has 0 bridgehead atoms. The molecule has 0 saturated carbocycles. The van der Waals surface area contributed by atoms with Crippen molar-refractivity contribution in [2.45, 2.75) is 19.9 Å². The van der Waals surface area contributed by atoms with Gasteiger partial charge in [0.05, 0.1) is 5.69 Å². The van der Waals surface area contributed by atoms with Gasteiger partial charge in [0.25, 0.3) is 0 Å². The molecule has 1 aliphatic rings. The first-order chi connectivity index (χ1) is 8.99. The van der Waals surface area contributed by atoms with E-state index < -0.39 is 7.12 Å². The zero-order chi connectivity index (χ0) is 14.0. The van der Waals surface area contributed by atoms with Crippen LogP contribution in [-0.2, 0) is 0 Å². The molecule has 7 heteroatoms. The predicted molar refractivity (Wildman–Crippen MR) is 78.0 cm³/mol. The molecule has 0 amide bonds. The number of halogens is 1. The molecule has 0 unspecified atom stereocenters. The largest absolute Gasteiger partial charge is 0.490 e. The third kappa shape index (κ3) is 3.39. The third-order valence-electron chi connectivity index (χ3n) is 3.53. The second kappa shape index (κ2) is 6.09. The summed E-state index contributed by atoms with van der Waals surface area (Å²) in [5.41, 5.74) is 1.14. The fraction of sp³-hybridized carbons (Fsp3) is 0.583. The van der Waals surface area contributed by atoms with Crippen LogP contribution in [0, 0.1) is 0 Å². The number of hydrogen-bond acceptors (Lipinski definition) is 5. The number of nitrogens with zero attached hydrogens (tertiary/aromatic N) is 3. The van der Waals surface area contributed by atoms with E-state index in [1.54, 1.807) is 6.07 Å². The fourth-order valence-corrected chi connectivity index (χ4v) is 2.52. The highest BCUT2D eigenvalue weighted by molar-refractivity contribution is 6.58. The molecule has 1 fully saturated rings. The Morgan fingerprint density at radius 3 is 2.42 bits per heavy atom. The van der Waals surface area contributed by atoms with Crippen molar-refractivity contribution < 1.29 is 10.0 Å². The Labute approximate surface area is 119 Å². The average Bonchev–Trinajstić information content (AvgIpc) is 2.39. The smallest absolute Gasteiger partial charge is 0.423 e. The van der Waals surface area contributed by atoms with Crippen LogP contribution in [0.1, 0.15) is 13.8 Å². The number of pyridine rings is 1. The first-order valence-electron chi connectivity index (χ1n) is 6.49. The molecule has 2 heterocycles. The van der Waals surface area contributed by atoms with Gasteiger partial charge in [0.2, 0.25) is 0 Å². The minimum Gasteiger partial charge on any atom is -0.423 e. The Kier molecular flexibility index (Phi) is 4.68. The summed E-state index contributed by atoms with van der Waals surface area (Å²) in [5.74, 6) is 0. The van der Waals surface area contributed by atoms with Gasteiger partial charge in [-0.15, -0.1) is 0 Å². The van der Waals surface area contributed by atoms with E-state index in [1.165, 1.54) is 6.20 Å². The van der Waals surface area contributed by atoms with Crippen LogP contribution in [-0.4, -0.2) is 59.3 Å². The molecular formula is C12H19BClN3O2. The van der Waals surface area contributed by atoms with Gasteiger partial charge in [-0.2, -0.15) is 0 Å². The quantitative estimate of drug-likeness (QED) is 0.601. The van der Waals surface area contributed by atoms with Crippen molar-refractivity contribution in [1.29, 1.82) is 0 Å². The van der Waals surface area contributed by atoms with Gasteiger partial charge in [0, 0.05) is 43.9 Å². The van der Waals surface area contributed by atoms with Crippen LogP contribution in [0.4, 0.5) is 5.69 Å². The summed E-state index contributed by atoms with van der Waals surface area (Å²) < 4.78 is 0. The van der Waals surface area contributed by atoms with E-state index in [0.29, 0.717) is 16.7 Å². The van der Waals surface area contributed by atoms with E-state index in [9.17, 15) is 10.0 Å². The number of anilines is 1. The molecule has 1 aromatic rings. The third-order valence-corrected chi connectivity index (χ3v) is 3.82. The molecule has 1 aliphatic heterocycles. The topological polar surface area (TPSA) is 59.8 Å². The van der Waals surface area contributed by atoms with E-state index in [0.717, 1.165) is 31.9 Å². The maximum absolute atomic E-state index is 9.20. The molecule has 19 heavy (non-hydrogen) atoms. The van der Waals surface area contributed by atoms with E-state index in [4.69, 9.17) is 11.6 Å². The van der Waals surface area contributed by atoms with Gasteiger partial charge in [0.1, 0.15) is 0 Å². The van der Waals surface area contributed by atoms with Crippen molar-refractivity contribution >= 4 is 29.9 Å². The molecular weight excluding hydrogens is 264 g/mol. The normalized spacial score (nSPS) is 17.1. The Hall–Kier alpha value is -0.815. The summed E-state index contributed by atoms with van der Waals surface area (Å²) in [6, 6.07) is 2.24. The van der Waals surface area contributed by atoms with Crippen molar-refractivity contribution in [3.63, 3.8) is 0 Å². The number of rotatable bonds is 3. The molecule has 2 N–H and O–H groups in total. The Morgan fingerprint density at radius 1 is 1.26 bits per heavy atom. The van der Waals surface area contributed by atoms with Crippen molar-refractivity contribution in [2.24, 2.45) is 0 Å². The lowest BCUT2D eigenvalue weighted by atomic mass is 9.81. The maximum Gasteiger partial charge on any atom is 0.490 e. The molecule has 5 nitrogen and oxygen atoms in total. The summed E-state index contributed by atoms with van der Waals surface area (Å²) in [5, 5.41) is 18.8. The average molecular weight is 284 g/mol. The Morgan fingerprint density at radius 2 is 1.89 bits per heavy atom. The van der Waals surface area contributed by atoms with E-state index in [1.807, 2.05) is 0 Å². The predicted octanol–water partition coefficient (Wildman–Crippen LogP) is -0.0548. The molecule has 0 radical (unpaired) electrons. The standard InChI is InChI=1S/C12H19BClN3O2/c1-9(2)16-3-5-17(6-4-16)11-7-10(13(18)19)8-15-12(11)14/h7-9,18-19H,3-6H2,1-2H3. The molecule has 0 spiro atoms. The molecule has 0 aliphatic carbocycles. The van der Waals surface area contributed by atoms with Crippen LogP contribution in [0.25, 0.3) is 0 Å². The van der Waals surface area contributed by atoms with Crippen molar-refractivity contribution in [2.75, 3.05) is 31.1 Å². The Balaban J connectivity index is 2.12. The van der Waals surface area contributed by atoms with Crippen molar-refractivity contribution in [3.8, 4) is 0 Å². The second-order valence-electron chi connectivity index (χ2n) is 5.07. The monoisotopic (exact) mass is 283 g/mol. The number of piperazine rings is 1. The highest BCUT2D eigenvalue weighted by Gasteiger charge is 2.22. The molecule has 2 rings (SSSR count). The molecule has 0 aromatic carbocycles. The van der Waals surface area contributed by atoms with Crippen LogP contribution >= 0.6 is 11.6 Å². The summed E-state index contributed by atoms with van der Waals surface area (Å²) in [4.78, 5) is 8.56. The highest BCUT2D eigenvalue weighted by Crippen LogP contribution is 2.23.